The zero-order valence-corrected chi connectivity index (χ0v) is 11.5. The Balaban J connectivity index is 2.13. The van der Waals surface area contributed by atoms with E-state index in [4.69, 9.17) is 5.73 Å². The largest absolute Gasteiger partial charge is 0.364 e. The molecule has 19 heavy (non-hydrogen) atoms. The van der Waals surface area contributed by atoms with Gasteiger partial charge in [-0.1, -0.05) is 11.6 Å². The molecule has 1 aliphatic rings. The third kappa shape index (κ3) is 3.29. The fourth-order valence-electron chi connectivity index (χ4n) is 2.31. The molecular formula is C10H17N5O3S. The first-order chi connectivity index (χ1) is 8.88. The molecule has 0 radical (unpaired) electrons. The smallest absolute Gasteiger partial charge is 0.270 e. The quantitative estimate of drug-likeness (QED) is 0.778. The van der Waals surface area contributed by atoms with Gasteiger partial charge in [0.25, 0.3) is 5.91 Å². The summed E-state index contributed by atoms with van der Waals surface area (Å²) in [5, 5.41) is 7.43. The molecule has 1 aromatic rings. The van der Waals surface area contributed by atoms with Gasteiger partial charge in [-0.15, -0.1) is 5.10 Å². The van der Waals surface area contributed by atoms with Crippen molar-refractivity contribution in [2.45, 2.75) is 31.8 Å². The molecule has 9 heteroatoms. The molecular weight excluding hydrogens is 270 g/mol. The minimum atomic E-state index is -3.22. The molecule has 8 nitrogen and oxygen atoms in total. The Morgan fingerprint density at radius 3 is 2.84 bits per heavy atom. The highest BCUT2D eigenvalue weighted by molar-refractivity contribution is 7.88. The van der Waals surface area contributed by atoms with Crippen LogP contribution in [0.25, 0.3) is 0 Å². The Labute approximate surface area is 111 Å². The summed E-state index contributed by atoms with van der Waals surface area (Å²) in [4.78, 5) is 10.9. The number of carbonyl (C=O) groups is 1. The number of aromatic nitrogens is 3. The number of piperidine rings is 1. The highest BCUT2D eigenvalue weighted by Gasteiger charge is 2.29. The molecule has 1 saturated heterocycles. The zero-order valence-electron chi connectivity index (χ0n) is 10.7. The summed E-state index contributed by atoms with van der Waals surface area (Å²) in [5.74, 6) is -0.644. The lowest BCUT2D eigenvalue weighted by atomic mass is 10.1. The van der Waals surface area contributed by atoms with Crippen molar-refractivity contribution in [1.29, 1.82) is 0 Å². The van der Waals surface area contributed by atoms with Gasteiger partial charge in [0.05, 0.1) is 19.0 Å². The number of hydrogen-bond acceptors (Lipinski definition) is 5. The molecule has 1 atom stereocenters. The van der Waals surface area contributed by atoms with Crippen LogP contribution < -0.4 is 5.73 Å². The average Bonchev–Trinajstić information content (AvgIpc) is 2.77. The predicted octanol–water partition coefficient (Wildman–Crippen LogP) is -0.809. The van der Waals surface area contributed by atoms with Gasteiger partial charge in [0.1, 0.15) is 0 Å². The zero-order chi connectivity index (χ0) is 14.0. The maximum atomic E-state index is 11.7. The molecule has 1 fully saturated rings. The number of sulfonamides is 1. The Morgan fingerprint density at radius 2 is 2.26 bits per heavy atom. The molecule has 1 aromatic heterocycles. The van der Waals surface area contributed by atoms with Gasteiger partial charge in [-0.3, -0.25) is 9.48 Å². The fraction of sp³-hybridized carbons (Fsp3) is 0.700. The molecule has 2 N–H and O–H groups in total. The number of rotatable bonds is 4. The summed E-state index contributed by atoms with van der Waals surface area (Å²) in [7, 11) is -3.22. The molecule has 1 aliphatic heterocycles. The van der Waals surface area contributed by atoms with E-state index in [1.54, 1.807) is 0 Å². The molecule has 2 heterocycles. The molecule has 0 aliphatic carbocycles. The van der Waals surface area contributed by atoms with Gasteiger partial charge in [-0.2, -0.15) is 4.31 Å². The first-order valence-electron chi connectivity index (χ1n) is 6.04. The standard InChI is InChI=1S/C10H17N5O3S/c1-19(17,18)15-5-3-2-4-8(15)6-14-7-9(10(11)16)12-13-14/h7-8H,2-6H2,1H3,(H2,11,16)/t8-/m0/s1. The van der Waals surface area contributed by atoms with E-state index in [-0.39, 0.29) is 11.7 Å². The van der Waals surface area contributed by atoms with E-state index in [0.29, 0.717) is 13.1 Å². The summed E-state index contributed by atoms with van der Waals surface area (Å²) < 4.78 is 26.4. The second-order valence-corrected chi connectivity index (χ2v) is 6.65. The third-order valence-corrected chi connectivity index (χ3v) is 4.52. The van der Waals surface area contributed by atoms with E-state index >= 15 is 0 Å². The topological polar surface area (TPSA) is 111 Å². The van der Waals surface area contributed by atoms with Crippen molar-refractivity contribution in [1.82, 2.24) is 19.3 Å². The van der Waals surface area contributed by atoms with E-state index in [2.05, 4.69) is 10.3 Å². The number of nitrogens with zero attached hydrogens (tertiary/aromatic N) is 4. The minimum absolute atomic E-state index is 0.0849. The monoisotopic (exact) mass is 287 g/mol. The van der Waals surface area contributed by atoms with Crippen LogP contribution in [0.1, 0.15) is 29.8 Å². The van der Waals surface area contributed by atoms with Gasteiger partial charge < -0.3 is 5.73 Å². The van der Waals surface area contributed by atoms with Crippen molar-refractivity contribution in [3.8, 4) is 0 Å². The lowest BCUT2D eigenvalue weighted by molar-refractivity contribution is 0.0995. The van der Waals surface area contributed by atoms with Gasteiger partial charge in [0.15, 0.2) is 5.69 Å². The van der Waals surface area contributed by atoms with Crippen molar-refractivity contribution in [2.24, 2.45) is 5.73 Å². The Kier molecular flexibility index (Phi) is 3.85. The summed E-state index contributed by atoms with van der Waals surface area (Å²) in [6.45, 7) is 0.911. The van der Waals surface area contributed by atoms with Crippen LogP contribution in [0.15, 0.2) is 6.20 Å². The van der Waals surface area contributed by atoms with E-state index in [9.17, 15) is 13.2 Å². The van der Waals surface area contributed by atoms with Crippen LogP contribution in [0, 0.1) is 0 Å². The number of nitrogens with two attached hydrogens (primary N) is 1. The van der Waals surface area contributed by atoms with Gasteiger partial charge in [-0.05, 0) is 12.8 Å². The molecule has 0 saturated carbocycles. The average molecular weight is 287 g/mol. The molecule has 0 bridgehead atoms. The Bertz CT molecular complexity index is 567. The first-order valence-corrected chi connectivity index (χ1v) is 7.89. The number of amides is 1. The van der Waals surface area contributed by atoms with Crippen LogP contribution in [-0.2, 0) is 16.6 Å². The van der Waals surface area contributed by atoms with Crippen LogP contribution in [0.4, 0.5) is 0 Å². The van der Waals surface area contributed by atoms with Gasteiger partial charge in [-0.25, -0.2) is 8.42 Å². The highest BCUT2D eigenvalue weighted by atomic mass is 32.2. The maximum absolute atomic E-state index is 11.7. The van der Waals surface area contributed by atoms with Crippen molar-refractivity contribution < 1.29 is 13.2 Å². The van der Waals surface area contributed by atoms with Crippen molar-refractivity contribution in [3.05, 3.63) is 11.9 Å². The lowest BCUT2D eigenvalue weighted by Crippen LogP contribution is -2.45. The molecule has 106 valence electrons. The van der Waals surface area contributed by atoms with Crippen molar-refractivity contribution in [2.75, 3.05) is 12.8 Å². The summed E-state index contributed by atoms with van der Waals surface area (Å²) in [6.07, 6.45) is 5.28. The maximum Gasteiger partial charge on any atom is 0.270 e. The molecule has 0 unspecified atom stereocenters. The predicted molar refractivity (Wildman–Crippen MR) is 67.7 cm³/mol. The van der Waals surface area contributed by atoms with E-state index in [1.807, 2.05) is 0 Å². The number of hydrogen-bond donors (Lipinski definition) is 1. The van der Waals surface area contributed by atoms with Crippen LogP contribution in [0.5, 0.6) is 0 Å². The van der Waals surface area contributed by atoms with Gasteiger partial charge in [0, 0.05) is 12.6 Å². The molecule has 2 rings (SSSR count). The highest BCUT2D eigenvalue weighted by Crippen LogP contribution is 2.20. The second-order valence-electron chi connectivity index (χ2n) is 4.71. The van der Waals surface area contributed by atoms with E-state index < -0.39 is 15.9 Å². The summed E-state index contributed by atoms with van der Waals surface area (Å²) >= 11 is 0. The fourth-order valence-corrected chi connectivity index (χ4v) is 3.48. The molecule has 1 amide bonds. The number of primary amides is 1. The van der Waals surface area contributed by atoms with Crippen LogP contribution in [0.2, 0.25) is 0 Å². The summed E-state index contributed by atoms with van der Waals surface area (Å²) in [6, 6.07) is -0.147. The van der Waals surface area contributed by atoms with Crippen LogP contribution >= 0.6 is 0 Å². The Hall–Kier alpha value is -1.48. The first kappa shape index (κ1) is 13.9. The van der Waals surface area contributed by atoms with E-state index in [0.717, 1.165) is 19.3 Å². The number of carbonyl (C=O) groups excluding carboxylic acids is 1. The Morgan fingerprint density at radius 1 is 1.53 bits per heavy atom. The normalized spacial score (nSPS) is 21.4. The van der Waals surface area contributed by atoms with Gasteiger partial charge >= 0.3 is 0 Å². The minimum Gasteiger partial charge on any atom is -0.364 e. The molecule has 0 spiro atoms. The van der Waals surface area contributed by atoms with Crippen molar-refractivity contribution >= 4 is 15.9 Å². The van der Waals surface area contributed by atoms with Crippen LogP contribution in [-0.4, -0.2) is 52.5 Å². The molecule has 0 aromatic carbocycles. The SMILES string of the molecule is CS(=O)(=O)N1CCCC[C@H]1Cn1cc(C(N)=O)nn1. The van der Waals surface area contributed by atoms with E-state index in [1.165, 1.54) is 21.4 Å². The van der Waals surface area contributed by atoms with Crippen LogP contribution in [0.3, 0.4) is 0 Å². The summed E-state index contributed by atoms with van der Waals surface area (Å²) in [5.41, 5.74) is 5.18. The van der Waals surface area contributed by atoms with Gasteiger partial charge in [0.2, 0.25) is 10.0 Å². The van der Waals surface area contributed by atoms with Crippen molar-refractivity contribution in [3.63, 3.8) is 0 Å². The third-order valence-electron chi connectivity index (χ3n) is 3.19. The second kappa shape index (κ2) is 5.25. The lowest BCUT2D eigenvalue weighted by Gasteiger charge is -2.33.